The number of amides is 2. The van der Waals surface area contributed by atoms with E-state index in [0.717, 1.165) is 84.3 Å². The molecule has 46 heavy (non-hydrogen) atoms. The van der Waals surface area contributed by atoms with Crippen molar-refractivity contribution in [1.82, 2.24) is 20.4 Å². The molecule has 2 N–H and O–H groups in total. The summed E-state index contributed by atoms with van der Waals surface area (Å²) in [6.45, 7) is 7.72. The summed E-state index contributed by atoms with van der Waals surface area (Å²) in [4.78, 5) is 40.3. The molecule has 4 heterocycles. The summed E-state index contributed by atoms with van der Waals surface area (Å²) >= 11 is 0. The highest BCUT2D eigenvalue weighted by Crippen LogP contribution is 2.32. The highest BCUT2D eigenvalue weighted by atomic mass is 16.2. The van der Waals surface area contributed by atoms with Crippen LogP contribution in [0, 0.1) is 0 Å². The molecule has 8 nitrogen and oxygen atoms in total. The molecule has 2 saturated heterocycles. The van der Waals surface area contributed by atoms with Crippen LogP contribution in [0.25, 0.3) is 0 Å². The first-order valence-electron chi connectivity index (χ1n) is 17.1. The molecule has 0 unspecified atom stereocenters. The van der Waals surface area contributed by atoms with E-state index in [9.17, 15) is 9.59 Å². The smallest absolute Gasteiger partial charge is 0.251 e. The van der Waals surface area contributed by atoms with Gasteiger partial charge in [-0.2, -0.15) is 0 Å². The van der Waals surface area contributed by atoms with Crippen molar-refractivity contribution < 1.29 is 9.59 Å². The minimum atomic E-state index is -0.0171. The van der Waals surface area contributed by atoms with Gasteiger partial charge in [-0.3, -0.25) is 19.6 Å². The molecular formula is C38H44N6O2. The summed E-state index contributed by atoms with van der Waals surface area (Å²) in [5.41, 5.74) is 9.61. The highest BCUT2D eigenvalue weighted by Gasteiger charge is 2.21. The summed E-state index contributed by atoms with van der Waals surface area (Å²) < 4.78 is 0. The maximum Gasteiger partial charge on any atom is 0.251 e. The molecule has 4 aliphatic rings. The lowest BCUT2D eigenvalue weighted by Gasteiger charge is -2.26. The van der Waals surface area contributed by atoms with Crippen molar-refractivity contribution in [2.75, 3.05) is 52.4 Å². The van der Waals surface area contributed by atoms with Crippen molar-refractivity contribution in [3.8, 4) is 0 Å². The van der Waals surface area contributed by atoms with E-state index in [1.165, 1.54) is 38.5 Å². The zero-order chi connectivity index (χ0) is 31.3. The Morgan fingerprint density at radius 2 is 0.978 bits per heavy atom. The standard InChI is InChI=1S/C38H44N6O2/c45-37(39-15-21-43-17-3-1-4-18-43)29-11-13-33-31(23-29)25-35(41-33)27-7-9-28(10-8-27)36-26-32-24-30(12-14-34(32)42-36)38(46)40-16-22-44-19-5-2-6-20-44/h7-14,23-24H,1-6,15-22,25-26H2,(H,39,45)(H,40,46). The van der Waals surface area contributed by atoms with E-state index < -0.39 is 0 Å². The summed E-state index contributed by atoms with van der Waals surface area (Å²) in [6, 6.07) is 20.1. The molecule has 238 valence electrons. The van der Waals surface area contributed by atoms with Crippen LogP contribution < -0.4 is 10.6 Å². The number of rotatable bonds is 10. The minimum Gasteiger partial charge on any atom is -0.351 e. The molecule has 2 amide bonds. The van der Waals surface area contributed by atoms with Gasteiger partial charge in [-0.05, 0) is 111 Å². The lowest BCUT2D eigenvalue weighted by atomic mass is 9.98. The number of benzene rings is 3. The van der Waals surface area contributed by atoms with E-state index in [-0.39, 0.29) is 11.8 Å². The summed E-state index contributed by atoms with van der Waals surface area (Å²) in [6.07, 6.45) is 9.08. The van der Waals surface area contributed by atoms with Gasteiger partial charge in [0.25, 0.3) is 11.8 Å². The number of carbonyl (C=O) groups is 2. The van der Waals surface area contributed by atoms with E-state index in [1.54, 1.807) is 0 Å². The Morgan fingerprint density at radius 3 is 1.39 bits per heavy atom. The maximum absolute atomic E-state index is 12.8. The van der Waals surface area contributed by atoms with Gasteiger partial charge < -0.3 is 20.4 Å². The van der Waals surface area contributed by atoms with Crippen LogP contribution >= 0.6 is 0 Å². The number of carbonyl (C=O) groups excluding carboxylic acids is 2. The Bertz CT molecular complexity index is 1530. The van der Waals surface area contributed by atoms with E-state index in [2.05, 4.69) is 44.7 Å². The zero-order valence-corrected chi connectivity index (χ0v) is 26.7. The number of fused-ring (bicyclic) bond motifs is 2. The second kappa shape index (κ2) is 14.1. The van der Waals surface area contributed by atoms with Crippen LogP contribution in [-0.2, 0) is 12.8 Å². The molecule has 0 aliphatic carbocycles. The second-order valence-electron chi connectivity index (χ2n) is 13.1. The van der Waals surface area contributed by atoms with Crippen molar-refractivity contribution in [3.05, 3.63) is 94.0 Å². The number of hydrogen-bond donors (Lipinski definition) is 2. The van der Waals surface area contributed by atoms with Gasteiger partial charge in [-0.15, -0.1) is 0 Å². The van der Waals surface area contributed by atoms with E-state index in [1.807, 2.05) is 36.4 Å². The van der Waals surface area contributed by atoms with Crippen LogP contribution in [0.3, 0.4) is 0 Å². The SMILES string of the molecule is O=C(NCCN1CCCCC1)c1ccc2c(c1)CC(c1ccc(C3=Nc4ccc(C(=O)NCCN5CCCCC5)cc4C3)cc1)=N2. The molecular weight excluding hydrogens is 572 g/mol. The van der Waals surface area contributed by atoms with Gasteiger partial charge in [0.1, 0.15) is 0 Å². The number of nitrogens with zero attached hydrogens (tertiary/aromatic N) is 4. The number of aliphatic imine (C=N–C) groups is 2. The van der Waals surface area contributed by atoms with Crippen molar-refractivity contribution in [2.24, 2.45) is 9.98 Å². The third kappa shape index (κ3) is 7.13. The number of nitrogens with one attached hydrogen (secondary N) is 2. The first-order valence-corrected chi connectivity index (χ1v) is 17.1. The molecule has 3 aromatic rings. The molecule has 0 saturated carbocycles. The Kier molecular flexibility index (Phi) is 9.35. The first-order chi connectivity index (χ1) is 22.6. The van der Waals surface area contributed by atoms with E-state index in [0.29, 0.717) is 37.1 Å². The molecule has 0 spiro atoms. The maximum atomic E-state index is 12.8. The quantitative estimate of drug-likeness (QED) is 0.316. The van der Waals surface area contributed by atoms with Crippen LogP contribution in [0.5, 0.6) is 0 Å². The lowest BCUT2D eigenvalue weighted by Crippen LogP contribution is -2.37. The Labute approximate surface area is 272 Å². The number of hydrogen-bond acceptors (Lipinski definition) is 6. The van der Waals surface area contributed by atoms with E-state index in [4.69, 9.17) is 9.98 Å². The van der Waals surface area contributed by atoms with Gasteiger partial charge in [0, 0.05) is 50.1 Å². The average Bonchev–Trinajstić information content (AvgIpc) is 3.73. The van der Waals surface area contributed by atoms with Gasteiger partial charge in [0.15, 0.2) is 0 Å². The largest absolute Gasteiger partial charge is 0.351 e. The normalized spacial score (nSPS) is 18.0. The zero-order valence-electron chi connectivity index (χ0n) is 26.7. The fourth-order valence-corrected chi connectivity index (χ4v) is 7.10. The third-order valence-electron chi connectivity index (χ3n) is 9.79. The van der Waals surface area contributed by atoms with Crippen LogP contribution in [0.4, 0.5) is 11.4 Å². The number of likely N-dealkylation sites (tertiary alicyclic amines) is 2. The topological polar surface area (TPSA) is 89.4 Å². The van der Waals surface area contributed by atoms with Crippen LogP contribution in [0.15, 0.2) is 70.6 Å². The predicted octanol–water partition coefficient (Wildman–Crippen LogP) is 5.47. The summed E-state index contributed by atoms with van der Waals surface area (Å²) in [5.74, 6) is -0.0342. The van der Waals surface area contributed by atoms with Crippen LogP contribution in [0.1, 0.15) is 81.5 Å². The average molecular weight is 617 g/mol. The fourth-order valence-electron chi connectivity index (χ4n) is 7.10. The second-order valence-corrected chi connectivity index (χ2v) is 13.1. The van der Waals surface area contributed by atoms with Crippen molar-refractivity contribution in [2.45, 2.75) is 51.4 Å². The molecule has 4 aliphatic heterocycles. The predicted molar refractivity (Wildman–Crippen MR) is 184 cm³/mol. The Morgan fingerprint density at radius 1 is 0.565 bits per heavy atom. The van der Waals surface area contributed by atoms with E-state index >= 15 is 0 Å². The molecule has 0 aromatic heterocycles. The monoisotopic (exact) mass is 616 g/mol. The van der Waals surface area contributed by atoms with Gasteiger partial charge in [-0.1, -0.05) is 37.1 Å². The molecule has 2 fully saturated rings. The van der Waals surface area contributed by atoms with Gasteiger partial charge in [0.05, 0.1) is 22.8 Å². The molecule has 7 rings (SSSR count). The van der Waals surface area contributed by atoms with Crippen LogP contribution in [0.2, 0.25) is 0 Å². The molecule has 0 radical (unpaired) electrons. The first kappa shape index (κ1) is 30.5. The highest BCUT2D eigenvalue weighted by molar-refractivity contribution is 6.10. The number of piperidine rings is 2. The van der Waals surface area contributed by atoms with Crippen molar-refractivity contribution in [3.63, 3.8) is 0 Å². The molecule has 0 bridgehead atoms. The van der Waals surface area contributed by atoms with Gasteiger partial charge in [0.2, 0.25) is 0 Å². The third-order valence-corrected chi connectivity index (χ3v) is 9.79. The molecule has 3 aromatic carbocycles. The lowest BCUT2D eigenvalue weighted by molar-refractivity contribution is 0.0938. The van der Waals surface area contributed by atoms with Crippen LogP contribution in [-0.4, -0.2) is 85.4 Å². The Hall–Kier alpha value is -4.14. The van der Waals surface area contributed by atoms with Crippen molar-refractivity contribution >= 4 is 34.6 Å². The molecule has 8 heteroatoms. The van der Waals surface area contributed by atoms with Gasteiger partial charge >= 0.3 is 0 Å². The Balaban J connectivity index is 0.914. The summed E-state index contributed by atoms with van der Waals surface area (Å²) in [5, 5.41) is 6.19. The minimum absolute atomic E-state index is 0.0171. The van der Waals surface area contributed by atoms with Crippen molar-refractivity contribution in [1.29, 1.82) is 0 Å². The fraction of sp³-hybridized carbons (Fsp3) is 0.421. The van der Waals surface area contributed by atoms with Gasteiger partial charge in [-0.25, -0.2) is 0 Å². The molecule has 0 atom stereocenters. The summed E-state index contributed by atoms with van der Waals surface area (Å²) in [7, 11) is 0.